The van der Waals surface area contributed by atoms with Gasteiger partial charge in [-0.2, -0.15) is 5.10 Å². The molecule has 0 radical (unpaired) electrons. The molecule has 2 heterocycles. The maximum Gasteiger partial charge on any atom is 0.328 e. The van der Waals surface area contributed by atoms with Gasteiger partial charge in [0.15, 0.2) is 5.65 Å². The number of carbonyl (C=O) groups excluding carboxylic acids is 1. The molecule has 0 spiro atoms. The van der Waals surface area contributed by atoms with E-state index in [4.69, 9.17) is 0 Å². The Balaban J connectivity index is 2.20. The van der Waals surface area contributed by atoms with Crippen molar-refractivity contribution >= 4 is 22.9 Å². The van der Waals surface area contributed by atoms with Gasteiger partial charge < -0.3 is 10.4 Å². The fourth-order valence-electron chi connectivity index (χ4n) is 2.79. The van der Waals surface area contributed by atoms with E-state index in [1.807, 2.05) is 30.3 Å². The summed E-state index contributed by atoms with van der Waals surface area (Å²) in [5, 5.41) is 16.8. The zero-order valence-corrected chi connectivity index (χ0v) is 15.1. The van der Waals surface area contributed by atoms with Gasteiger partial charge in [-0.1, -0.05) is 30.3 Å². The van der Waals surface area contributed by atoms with Gasteiger partial charge in [-0.15, -0.1) is 0 Å². The molecule has 0 aliphatic heterocycles. The average Bonchev–Trinajstić information content (AvgIpc) is 2.88. The van der Waals surface area contributed by atoms with Gasteiger partial charge in [0.25, 0.3) is 5.91 Å². The third-order valence-corrected chi connectivity index (χ3v) is 4.24. The van der Waals surface area contributed by atoms with Crippen LogP contribution in [0.25, 0.3) is 22.3 Å². The summed E-state index contributed by atoms with van der Waals surface area (Å²) in [6.07, 6.45) is 0. The second-order valence-electron chi connectivity index (χ2n) is 6.71. The van der Waals surface area contributed by atoms with Crippen molar-refractivity contribution in [2.75, 3.05) is 0 Å². The summed E-state index contributed by atoms with van der Waals surface area (Å²) in [6, 6.07) is 11.2. The third-order valence-electron chi connectivity index (χ3n) is 4.24. The number of carbonyl (C=O) groups is 2. The van der Waals surface area contributed by atoms with E-state index in [0.717, 1.165) is 5.56 Å². The Bertz CT molecular complexity index is 1010. The van der Waals surface area contributed by atoms with E-state index in [9.17, 15) is 14.7 Å². The van der Waals surface area contributed by atoms with Crippen LogP contribution < -0.4 is 5.32 Å². The van der Waals surface area contributed by atoms with E-state index in [-0.39, 0.29) is 0 Å². The molecule has 0 atom stereocenters. The van der Waals surface area contributed by atoms with Crippen molar-refractivity contribution in [2.45, 2.75) is 26.3 Å². The van der Waals surface area contributed by atoms with E-state index in [1.165, 1.54) is 13.8 Å². The maximum absolute atomic E-state index is 12.9. The number of nitrogens with zero attached hydrogens (tertiary/aromatic N) is 3. The molecule has 0 aliphatic rings. The summed E-state index contributed by atoms with van der Waals surface area (Å²) in [6.45, 7) is 4.69. The van der Waals surface area contributed by atoms with Crippen molar-refractivity contribution in [1.29, 1.82) is 0 Å². The maximum atomic E-state index is 12.9. The molecular formula is C19H20N4O3. The van der Waals surface area contributed by atoms with Crippen LogP contribution in [0.4, 0.5) is 0 Å². The highest BCUT2D eigenvalue weighted by atomic mass is 16.4. The molecule has 0 bridgehead atoms. The van der Waals surface area contributed by atoms with Crippen LogP contribution in [0.1, 0.15) is 29.9 Å². The molecule has 2 N–H and O–H groups in total. The van der Waals surface area contributed by atoms with Crippen LogP contribution in [0.5, 0.6) is 0 Å². The number of aromatic nitrogens is 3. The number of aliphatic carboxylic acids is 1. The molecule has 0 saturated carbocycles. The Labute approximate surface area is 150 Å². The number of benzene rings is 1. The quantitative estimate of drug-likeness (QED) is 0.752. The number of pyridine rings is 1. The van der Waals surface area contributed by atoms with Crippen molar-refractivity contribution in [1.82, 2.24) is 20.1 Å². The second kappa shape index (κ2) is 6.25. The molecule has 2 aromatic heterocycles. The lowest BCUT2D eigenvalue weighted by Gasteiger charge is -2.21. The minimum absolute atomic E-state index is 0.355. The predicted octanol–water partition coefficient (Wildman–Crippen LogP) is 2.54. The van der Waals surface area contributed by atoms with E-state index < -0.39 is 17.4 Å². The monoisotopic (exact) mass is 352 g/mol. The zero-order chi connectivity index (χ0) is 19.1. The lowest BCUT2D eigenvalue weighted by atomic mass is 10.0. The standard InChI is InChI=1S/C19H20N4O3/c1-11-15-13(17(24)21-19(2,3)18(25)26)10-14(12-8-6-5-7-9-12)20-16(15)23(4)22-11/h5-10H,1-4H3,(H,21,24)(H,25,26). The van der Waals surface area contributed by atoms with Crippen molar-refractivity contribution in [3.8, 4) is 11.3 Å². The molecule has 26 heavy (non-hydrogen) atoms. The number of carboxylic acids is 1. The first kappa shape index (κ1) is 17.6. The minimum atomic E-state index is -1.39. The first-order valence-electron chi connectivity index (χ1n) is 8.16. The highest BCUT2D eigenvalue weighted by Gasteiger charge is 2.30. The Morgan fingerprint density at radius 2 is 1.85 bits per heavy atom. The van der Waals surface area contributed by atoms with E-state index in [0.29, 0.717) is 28.0 Å². The van der Waals surface area contributed by atoms with E-state index >= 15 is 0 Å². The molecule has 1 amide bonds. The fraction of sp³-hybridized carbons (Fsp3) is 0.263. The minimum Gasteiger partial charge on any atom is -0.480 e. The number of carboxylic acid groups (broad SMARTS) is 1. The summed E-state index contributed by atoms with van der Waals surface area (Å²) < 4.78 is 1.62. The van der Waals surface area contributed by atoms with Crippen LogP contribution in [0.15, 0.2) is 36.4 Å². The Morgan fingerprint density at radius 1 is 1.19 bits per heavy atom. The lowest BCUT2D eigenvalue weighted by molar-refractivity contribution is -0.143. The zero-order valence-electron chi connectivity index (χ0n) is 15.1. The molecule has 3 rings (SSSR count). The van der Waals surface area contributed by atoms with Gasteiger partial charge in [0.2, 0.25) is 0 Å². The first-order chi connectivity index (χ1) is 12.2. The van der Waals surface area contributed by atoms with Crippen LogP contribution in [0.2, 0.25) is 0 Å². The lowest BCUT2D eigenvalue weighted by Crippen LogP contribution is -2.49. The molecule has 7 nitrogen and oxygen atoms in total. The SMILES string of the molecule is Cc1nn(C)c2nc(-c3ccccc3)cc(C(=O)NC(C)(C)C(=O)O)c12. The van der Waals surface area contributed by atoms with Gasteiger partial charge >= 0.3 is 5.97 Å². The van der Waals surface area contributed by atoms with Crippen molar-refractivity contribution < 1.29 is 14.7 Å². The Morgan fingerprint density at radius 3 is 2.46 bits per heavy atom. The summed E-state index contributed by atoms with van der Waals surface area (Å²) in [4.78, 5) is 28.9. The van der Waals surface area contributed by atoms with E-state index in [1.54, 1.807) is 24.7 Å². The summed E-state index contributed by atoms with van der Waals surface area (Å²) >= 11 is 0. The summed E-state index contributed by atoms with van der Waals surface area (Å²) in [5.74, 6) is -1.58. The summed E-state index contributed by atoms with van der Waals surface area (Å²) in [7, 11) is 1.76. The highest BCUT2D eigenvalue weighted by molar-refractivity contribution is 6.08. The molecule has 0 saturated heterocycles. The van der Waals surface area contributed by atoms with Gasteiger partial charge in [-0.3, -0.25) is 9.48 Å². The Hall–Kier alpha value is -3.22. The van der Waals surface area contributed by atoms with Gasteiger partial charge in [-0.05, 0) is 26.8 Å². The second-order valence-corrected chi connectivity index (χ2v) is 6.71. The number of aryl methyl sites for hydroxylation is 2. The smallest absolute Gasteiger partial charge is 0.328 e. The molecule has 1 aromatic carbocycles. The average molecular weight is 352 g/mol. The van der Waals surface area contributed by atoms with Gasteiger partial charge in [-0.25, -0.2) is 9.78 Å². The Kier molecular flexibility index (Phi) is 4.23. The molecule has 134 valence electrons. The normalized spacial score (nSPS) is 11.5. The van der Waals surface area contributed by atoms with Gasteiger partial charge in [0.1, 0.15) is 5.54 Å². The van der Waals surface area contributed by atoms with Gasteiger partial charge in [0, 0.05) is 12.6 Å². The van der Waals surface area contributed by atoms with Crippen LogP contribution in [0.3, 0.4) is 0 Å². The van der Waals surface area contributed by atoms with E-state index in [2.05, 4.69) is 15.4 Å². The number of fused-ring (bicyclic) bond motifs is 1. The molecule has 0 unspecified atom stereocenters. The van der Waals surface area contributed by atoms with Crippen molar-refractivity contribution in [3.63, 3.8) is 0 Å². The van der Waals surface area contributed by atoms with Crippen LogP contribution >= 0.6 is 0 Å². The van der Waals surface area contributed by atoms with Crippen molar-refractivity contribution in [2.24, 2.45) is 7.05 Å². The third kappa shape index (κ3) is 3.03. The van der Waals surface area contributed by atoms with Crippen LogP contribution in [-0.4, -0.2) is 37.3 Å². The molecule has 0 aliphatic carbocycles. The largest absolute Gasteiger partial charge is 0.480 e. The highest BCUT2D eigenvalue weighted by Crippen LogP contribution is 2.27. The summed E-state index contributed by atoms with van der Waals surface area (Å²) in [5.41, 5.74) is 1.68. The van der Waals surface area contributed by atoms with Crippen molar-refractivity contribution in [3.05, 3.63) is 47.7 Å². The first-order valence-corrected chi connectivity index (χ1v) is 8.16. The molecule has 7 heteroatoms. The molecule has 3 aromatic rings. The molecule has 0 fully saturated rings. The number of amides is 1. The number of rotatable bonds is 4. The van der Waals surface area contributed by atoms with Crippen LogP contribution in [0, 0.1) is 6.92 Å². The molecular weight excluding hydrogens is 332 g/mol. The number of hydrogen-bond acceptors (Lipinski definition) is 4. The number of hydrogen-bond donors (Lipinski definition) is 2. The predicted molar refractivity (Wildman–Crippen MR) is 97.9 cm³/mol. The topological polar surface area (TPSA) is 97.1 Å². The van der Waals surface area contributed by atoms with Gasteiger partial charge in [0.05, 0.1) is 22.3 Å². The number of nitrogens with one attached hydrogen (secondary N) is 1. The fourth-order valence-corrected chi connectivity index (χ4v) is 2.79. The van der Waals surface area contributed by atoms with Crippen LogP contribution in [-0.2, 0) is 11.8 Å².